The summed E-state index contributed by atoms with van der Waals surface area (Å²) in [7, 11) is 0. The van der Waals surface area contributed by atoms with E-state index in [1.807, 2.05) is 61.5 Å². The normalized spacial score (nSPS) is 14.9. The Morgan fingerprint density at radius 2 is 1.39 bits per heavy atom. The number of benzene rings is 3. The van der Waals surface area contributed by atoms with E-state index < -0.39 is 6.04 Å². The van der Waals surface area contributed by atoms with E-state index in [1.165, 1.54) is 6.42 Å². The van der Waals surface area contributed by atoms with Crippen molar-refractivity contribution in [1.82, 2.24) is 10.2 Å². The van der Waals surface area contributed by atoms with Gasteiger partial charge >= 0.3 is 0 Å². The van der Waals surface area contributed by atoms with Gasteiger partial charge in [0.1, 0.15) is 6.04 Å². The van der Waals surface area contributed by atoms with Crippen LogP contribution in [0, 0.1) is 6.92 Å². The quantitative estimate of drug-likeness (QED) is 0.385. The standard InChI is InChI=1S/C32H38N2O2/c1-24-14-12-13-19-28(24)23-34(25(2)32(36)33-29-20-10-5-11-21-29)31(35)22-30(26-15-6-3-7-16-26)27-17-8-4-9-18-27/h3-4,6-9,12-19,25,29-30H,5,10-11,20-23H2,1-2H3,(H,33,36)/t25-/m1/s1. The second kappa shape index (κ2) is 12.5. The Hall–Kier alpha value is -3.40. The largest absolute Gasteiger partial charge is 0.352 e. The maximum Gasteiger partial charge on any atom is 0.242 e. The van der Waals surface area contributed by atoms with Crippen LogP contribution < -0.4 is 5.32 Å². The number of rotatable bonds is 9. The van der Waals surface area contributed by atoms with Gasteiger partial charge in [0.05, 0.1) is 0 Å². The number of aryl methyl sites for hydroxylation is 1. The second-order valence-electron chi connectivity index (χ2n) is 10.0. The molecule has 1 aliphatic rings. The minimum absolute atomic E-state index is 0.0118. The third-order valence-corrected chi connectivity index (χ3v) is 7.50. The molecule has 0 aromatic heterocycles. The smallest absolute Gasteiger partial charge is 0.242 e. The summed E-state index contributed by atoms with van der Waals surface area (Å²) >= 11 is 0. The number of carbonyl (C=O) groups is 2. The summed E-state index contributed by atoms with van der Waals surface area (Å²) in [5.41, 5.74) is 4.40. The van der Waals surface area contributed by atoms with E-state index in [4.69, 9.17) is 0 Å². The molecule has 0 bridgehead atoms. The molecular formula is C32H38N2O2. The molecule has 0 heterocycles. The molecule has 3 aromatic carbocycles. The van der Waals surface area contributed by atoms with Crippen LogP contribution in [0.25, 0.3) is 0 Å². The molecule has 2 amide bonds. The Kier molecular flexibility index (Phi) is 8.94. The third-order valence-electron chi connectivity index (χ3n) is 7.50. The summed E-state index contributed by atoms with van der Waals surface area (Å²) in [4.78, 5) is 29.1. The van der Waals surface area contributed by atoms with E-state index >= 15 is 0 Å². The minimum Gasteiger partial charge on any atom is -0.352 e. The Balaban J connectivity index is 1.60. The average molecular weight is 483 g/mol. The second-order valence-corrected chi connectivity index (χ2v) is 10.0. The summed E-state index contributed by atoms with van der Waals surface area (Å²) in [6.45, 7) is 4.34. The van der Waals surface area contributed by atoms with Gasteiger partial charge in [0.25, 0.3) is 0 Å². The molecule has 4 heteroatoms. The molecule has 4 nitrogen and oxygen atoms in total. The lowest BCUT2D eigenvalue weighted by Gasteiger charge is -2.32. The molecule has 1 atom stereocenters. The maximum atomic E-state index is 14.0. The van der Waals surface area contributed by atoms with Crippen molar-refractivity contribution in [3.63, 3.8) is 0 Å². The number of hydrogen-bond donors (Lipinski definition) is 1. The fourth-order valence-corrected chi connectivity index (χ4v) is 5.21. The van der Waals surface area contributed by atoms with Crippen LogP contribution in [-0.4, -0.2) is 28.8 Å². The molecule has 1 fully saturated rings. The summed E-state index contributed by atoms with van der Waals surface area (Å²) < 4.78 is 0. The van der Waals surface area contributed by atoms with E-state index in [0.29, 0.717) is 13.0 Å². The molecule has 0 saturated heterocycles. The van der Waals surface area contributed by atoms with Gasteiger partial charge in [0.2, 0.25) is 11.8 Å². The van der Waals surface area contributed by atoms with Crippen LogP contribution >= 0.6 is 0 Å². The fourth-order valence-electron chi connectivity index (χ4n) is 5.21. The van der Waals surface area contributed by atoms with E-state index in [9.17, 15) is 9.59 Å². The van der Waals surface area contributed by atoms with Crippen LogP contribution in [0.3, 0.4) is 0 Å². The first-order valence-electron chi connectivity index (χ1n) is 13.3. The van der Waals surface area contributed by atoms with Crippen molar-refractivity contribution in [3.05, 3.63) is 107 Å². The molecule has 3 aromatic rings. The van der Waals surface area contributed by atoms with Crippen LogP contribution in [0.1, 0.15) is 73.6 Å². The van der Waals surface area contributed by atoms with Crippen molar-refractivity contribution >= 4 is 11.8 Å². The predicted octanol–water partition coefficient (Wildman–Crippen LogP) is 6.38. The predicted molar refractivity (Wildman–Crippen MR) is 146 cm³/mol. The highest BCUT2D eigenvalue weighted by Gasteiger charge is 2.30. The van der Waals surface area contributed by atoms with Crippen LogP contribution in [0.5, 0.6) is 0 Å². The number of nitrogens with one attached hydrogen (secondary N) is 1. The summed E-state index contributed by atoms with van der Waals surface area (Å²) in [6.07, 6.45) is 5.89. The third kappa shape index (κ3) is 6.63. The van der Waals surface area contributed by atoms with Crippen LogP contribution in [0.4, 0.5) is 0 Å². The highest BCUT2D eigenvalue weighted by molar-refractivity contribution is 5.88. The van der Waals surface area contributed by atoms with Crippen molar-refractivity contribution in [3.8, 4) is 0 Å². The Bertz CT molecular complexity index is 1080. The van der Waals surface area contributed by atoms with Crippen molar-refractivity contribution in [1.29, 1.82) is 0 Å². The van der Waals surface area contributed by atoms with Gasteiger partial charge in [-0.2, -0.15) is 0 Å². The molecule has 0 aliphatic heterocycles. The summed E-state index contributed by atoms with van der Waals surface area (Å²) in [5.74, 6) is -0.144. The zero-order valence-electron chi connectivity index (χ0n) is 21.5. The Morgan fingerprint density at radius 1 is 0.833 bits per heavy atom. The molecule has 36 heavy (non-hydrogen) atoms. The Labute approximate surface area is 215 Å². The van der Waals surface area contributed by atoms with Gasteiger partial charge < -0.3 is 10.2 Å². The molecule has 0 radical (unpaired) electrons. The highest BCUT2D eigenvalue weighted by Crippen LogP contribution is 2.29. The summed E-state index contributed by atoms with van der Waals surface area (Å²) in [6, 6.07) is 28.1. The maximum absolute atomic E-state index is 14.0. The van der Waals surface area contributed by atoms with Crippen molar-refractivity contribution in [2.24, 2.45) is 0 Å². The molecule has 188 valence electrons. The first-order valence-corrected chi connectivity index (χ1v) is 13.3. The van der Waals surface area contributed by atoms with Crippen molar-refractivity contribution in [2.75, 3.05) is 0 Å². The van der Waals surface area contributed by atoms with Crippen LogP contribution in [-0.2, 0) is 16.1 Å². The lowest BCUT2D eigenvalue weighted by molar-refractivity contribution is -0.141. The van der Waals surface area contributed by atoms with Gasteiger partial charge in [-0.15, -0.1) is 0 Å². The topological polar surface area (TPSA) is 49.4 Å². The van der Waals surface area contributed by atoms with E-state index in [0.717, 1.165) is 47.9 Å². The van der Waals surface area contributed by atoms with E-state index in [1.54, 1.807) is 4.90 Å². The summed E-state index contributed by atoms with van der Waals surface area (Å²) in [5, 5.41) is 3.24. The van der Waals surface area contributed by atoms with Gasteiger partial charge in [-0.3, -0.25) is 9.59 Å². The Morgan fingerprint density at radius 3 is 1.97 bits per heavy atom. The van der Waals surface area contributed by atoms with Crippen LogP contribution in [0.2, 0.25) is 0 Å². The molecular weight excluding hydrogens is 444 g/mol. The van der Waals surface area contributed by atoms with Crippen LogP contribution in [0.15, 0.2) is 84.9 Å². The van der Waals surface area contributed by atoms with Gasteiger partial charge in [-0.05, 0) is 48.9 Å². The first kappa shape index (κ1) is 25.7. The minimum atomic E-state index is -0.550. The van der Waals surface area contributed by atoms with Gasteiger partial charge in [-0.25, -0.2) is 0 Å². The lowest BCUT2D eigenvalue weighted by Crippen LogP contribution is -2.50. The monoisotopic (exact) mass is 482 g/mol. The number of carbonyl (C=O) groups excluding carboxylic acids is 2. The molecule has 1 N–H and O–H groups in total. The molecule has 4 rings (SSSR count). The van der Waals surface area contributed by atoms with Gasteiger partial charge in [-0.1, -0.05) is 104 Å². The van der Waals surface area contributed by atoms with E-state index in [-0.39, 0.29) is 23.8 Å². The SMILES string of the molecule is Cc1ccccc1CN(C(=O)CC(c1ccccc1)c1ccccc1)[C@H](C)C(=O)NC1CCCCC1. The molecule has 1 aliphatic carbocycles. The molecule has 0 spiro atoms. The number of hydrogen-bond acceptors (Lipinski definition) is 2. The fraction of sp³-hybridized carbons (Fsp3) is 0.375. The molecule has 0 unspecified atom stereocenters. The first-order chi connectivity index (χ1) is 17.5. The van der Waals surface area contributed by atoms with Gasteiger partial charge in [0.15, 0.2) is 0 Å². The number of nitrogens with zero attached hydrogens (tertiary/aromatic N) is 1. The zero-order chi connectivity index (χ0) is 25.3. The highest BCUT2D eigenvalue weighted by atomic mass is 16.2. The zero-order valence-corrected chi connectivity index (χ0v) is 21.5. The number of amides is 2. The lowest BCUT2D eigenvalue weighted by atomic mass is 9.88. The molecule has 1 saturated carbocycles. The average Bonchev–Trinajstić information content (AvgIpc) is 2.92. The van der Waals surface area contributed by atoms with Crippen molar-refractivity contribution in [2.45, 2.75) is 76.9 Å². The van der Waals surface area contributed by atoms with Gasteiger partial charge in [0, 0.05) is 24.9 Å². The van der Waals surface area contributed by atoms with E-state index in [2.05, 4.69) is 42.6 Å². The van der Waals surface area contributed by atoms with Crippen molar-refractivity contribution < 1.29 is 9.59 Å².